The van der Waals surface area contributed by atoms with E-state index in [1.165, 1.54) is 13.3 Å². The second-order valence-electron chi connectivity index (χ2n) is 3.25. The third-order valence-electron chi connectivity index (χ3n) is 1.66. The third kappa shape index (κ3) is 3.79. The van der Waals surface area contributed by atoms with Crippen molar-refractivity contribution in [1.29, 1.82) is 0 Å². The van der Waals surface area contributed by atoms with E-state index < -0.39 is 7.37 Å². The number of likely N-dealkylation sites (tertiary alicyclic amines) is 1. The van der Waals surface area contributed by atoms with Crippen LogP contribution in [0.1, 0.15) is 6.42 Å². The van der Waals surface area contributed by atoms with Gasteiger partial charge >= 0.3 is 6.09 Å². The molecule has 1 aliphatic heterocycles. The van der Waals surface area contributed by atoms with Gasteiger partial charge in [-0.15, -0.1) is 0 Å². The molecule has 0 unspecified atom stereocenters. The third-order valence-corrected chi connectivity index (χ3v) is 2.39. The van der Waals surface area contributed by atoms with Crippen LogP contribution >= 0.6 is 7.37 Å². The quantitative estimate of drug-likeness (QED) is 0.517. The van der Waals surface area contributed by atoms with Gasteiger partial charge in [-0.2, -0.15) is 0 Å². The number of amides is 1. The van der Waals surface area contributed by atoms with E-state index in [4.69, 9.17) is 9.26 Å². The molecule has 1 aliphatic rings. The van der Waals surface area contributed by atoms with E-state index in [0.29, 0.717) is 0 Å². The largest absolute Gasteiger partial charge is 0.422 e. The minimum absolute atomic E-state index is 0.223. The maximum Gasteiger partial charge on any atom is 0.411 e. The van der Waals surface area contributed by atoms with Gasteiger partial charge in [-0.25, -0.2) is 4.79 Å². The van der Waals surface area contributed by atoms with E-state index in [1.807, 2.05) is 0 Å². The fourth-order valence-corrected chi connectivity index (χ4v) is 1.10. The maximum absolute atomic E-state index is 11.0. The Morgan fingerprint density at radius 1 is 1.46 bits per heavy atom. The molecule has 1 fully saturated rings. The predicted octanol–water partition coefficient (Wildman–Crippen LogP) is 1.34. The van der Waals surface area contributed by atoms with Crippen LogP contribution in [0.2, 0.25) is 0 Å². The zero-order chi connectivity index (χ0) is 9.90. The lowest BCUT2D eigenvalue weighted by Crippen LogP contribution is -2.42. The van der Waals surface area contributed by atoms with Crippen molar-refractivity contribution >= 4 is 13.5 Å². The summed E-state index contributed by atoms with van der Waals surface area (Å²) < 4.78 is 20.5. The highest BCUT2D eigenvalue weighted by atomic mass is 31.2. The zero-order valence-electron chi connectivity index (χ0n) is 7.86. The van der Waals surface area contributed by atoms with Crippen molar-refractivity contribution in [1.82, 2.24) is 4.90 Å². The Morgan fingerprint density at radius 2 is 2.08 bits per heavy atom. The van der Waals surface area contributed by atoms with Crippen molar-refractivity contribution in [3.63, 3.8) is 0 Å². The van der Waals surface area contributed by atoms with Crippen molar-refractivity contribution < 1.29 is 18.6 Å². The summed E-state index contributed by atoms with van der Waals surface area (Å²) in [6.45, 7) is 4.22. The molecule has 13 heavy (non-hydrogen) atoms. The molecule has 1 rings (SSSR count). The molecule has 0 aromatic carbocycles. The number of ether oxygens (including phenoxy) is 1. The molecule has 0 radical (unpaired) electrons. The van der Waals surface area contributed by atoms with Gasteiger partial charge in [0.15, 0.2) is 7.37 Å². The Labute approximate surface area is 77.4 Å². The first-order valence-corrected chi connectivity index (χ1v) is 6.62. The fraction of sp³-hybridized carbons (Fsp3) is 0.857. The summed E-state index contributed by atoms with van der Waals surface area (Å²) in [5.74, 6) is 0. The predicted molar refractivity (Wildman–Crippen MR) is 48.1 cm³/mol. The number of rotatable bonds is 3. The molecule has 5 nitrogen and oxygen atoms in total. The van der Waals surface area contributed by atoms with Crippen LogP contribution < -0.4 is 0 Å². The minimum Gasteiger partial charge on any atom is -0.422 e. The number of hydrogen-bond acceptors (Lipinski definition) is 4. The van der Waals surface area contributed by atoms with Crippen molar-refractivity contribution in [2.45, 2.75) is 6.42 Å². The molecule has 76 valence electrons. The van der Waals surface area contributed by atoms with Gasteiger partial charge in [-0.3, -0.25) is 9.09 Å². The maximum atomic E-state index is 11.0. The highest BCUT2D eigenvalue weighted by molar-refractivity contribution is 7.57. The van der Waals surface area contributed by atoms with Crippen LogP contribution in [0.4, 0.5) is 4.79 Å². The van der Waals surface area contributed by atoms with E-state index in [9.17, 15) is 9.36 Å². The van der Waals surface area contributed by atoms with Crippen molar-refractivity contribution in [2.24, 2.45) is 0 Å². The standard InChI is InChI=1S/C7H14NO4P/c1-13(2,10)12-6-11-7(9)8-4-3-5-8/h3-6H2,1-2H3. The van der Waals surface area contributed by atoms with Crippen LogP contribution in [0.25, 0.3) is 0 Å². The molecular formula is C7H14NO4P. The zero-order valence-corrected chi connectivity index (χ0v) is 8.75. The van der Waals surface area contributed by atoms with E-state index in [0.717, 1.165) is 19.5 Å². The van der Waals surface area contributed by atoms with Gasteiger partial charge < -0.3 is 9.64 Å². The summed E-state index contributed by atoms with van der Waals surface area (Å²) in [6.07, 6.45) is 0.635. The van der Waals surface area contributed by atoms with Gasteiger partial charge in [0, 0.05) is 26.4 Å². The molecule has 0 bridgehead atoms. The highest BCUT2D eigenvalue weighted by Crippen LogP contribution is 2.36. The lowest BCUT2D eigenvalue weighted by molar-refractivity contribution is 0.0257. The Hall–Kier alpha value is -0.540. The normalized spacial score (nSPS) is 16.6. The smallest absolute Gasteiger partial charge is 0.411 e. The van der Waals surface area contributed by atoms with Gasteiger partial charge in [0.1, 0.15) is 0 Å². The number of carbonyl (C=O) groups is 1. The molecule has 1 amide bonds. The van der Waals surface area contributed by atoms with Crippen LogP contribution in [0.3, 0.4) is 0 Å². The van der Waals surface area contributed by atoms with E-state index in [-0.39, 0.29) is 12.9 Å². The second kappa shape index (κ2) is 4.11. The van der Waals surface area contributed by atoms with E-state index in [2.05, 4.69) is 0 Å². The van der Waals surface area contributed by atoms with E-state index >= 15 is 0 Å². The van der Waals surface area contributed by atoms with Crippen LogP contribution in [0, 0.1) is 0 Å². The first-order valence-electron chi connectivity index (χ1n) is 4.10. The van der Waals surface area contributed by atoms with Crippen molar-refractivity contribution in [3.8, 4) is 0 Å². The van der Waals surface area contributed by atoms with Crippen LogP contribution in [0.15, 0.2) is 0 Å². The summed E-state index contributed by atoms with van der Waals surface area (Å²) in [5, 5.41) is 0. The summed E-state index contributed by atoms with van der Waals surface area (Å²) in [5.41, 5.74) is 0. The lowest BCUT2D eigenvalue weighted by Gasteiger charge is -2.29. The average Bonchev–Trinajstić information content (AvgIpc) is 1.79. The Kier molecular flexibility index (Phi) is 3.33. The van der Waals surface area contributed by atoms with Crippen molar-refractivity contribution in [3.05, 3.63) is 0 Å². The monoisotopic (exact) mass is 207 g/mol. The molecular weight excluding hydrogens is 193 g/mol. The Balaban J connectivity index is 2.12. The molecule has 0 aliphatic carbocycles. The summed E-state index contributed by atoms with van der Waals surface area (Å²) in [4.78, 5) is 12.6. The number of hydrogen-bond donors (Lipinski definition) is 0. The number of nitrogens with zero attached hydrogens (tertiary/aromatic N) is 1. The average molecular weight is 207 g/mol. The van der Waals surface area contributed by atoms with Crippen LogP contribution in [-0.2, 0) is 13.8 Å². The second-order valence-corrected chi connectivity index (χ2v) is 6.01. The summed E-state index contributed by atoms with van der Waals surface area (Å²) >= 11 is 0. The molecule has 1 heterocycles. The van der Waals surface area contributed by atoms with Crippen LogP contribution in [0.5, 0.6) is 0 Å². The van der Waals surface area contributed by atoms with E-state index in [1.54, 1.807) is 4.90 Å². The molecule has 0 spiro atoms. The topological polar surface area (TPSA) is 55.8 Å². The molecule has 0 atom stereocenters. The van der Waals surface area contributed by atoms with Gasteiger partial charge in [0.2, 0.25) is 6.79 Å². The van der Waals surface area contributed by atoms with Gasteiger partial charge in [-0.1, -0.05) is 0 Å². The SMILES string of the molecule is CP(C)(=O)OCOC(=O)N1CCC1. The molecule has 0 aromatic rings. The van der Waals surface area contributed by atoms with Crippen LogP contribution in [-0.4, -0.2) is 44.2 Å². The van der Waals surface area contributed by atoms with Gasteiger partial charge in [0.05, 0.1) is 0 Å². The lowest BCUT2D eigenvalue weighted by atomic mass is 10.2. The number of carbonyl (C=O) groups excluding carboxylic acids is 1. The first kappa shape index (κ1) is 10.5. The molecule has 0 aromatic heterocycles. The summed E-state index contributed by atoms with van der Waals surface area (Å²) in [7, 11) is -2.54. The highest BCUT2D eigenvalue weighted by Gasteiger charge is 2.21. The molecule has 6 heteroatoms. The van der Waals surface area contributed by atoms with Gasteiger partial charge in [0.25, 0.3) is 0 Å². The minimum atomic E-state index is -2.54. The Bertz CT molecular complexity index is 233. The Morgan fingerprint density at radius 3 is 2.46 bits per heavy atom. The first-order chi connectivity index (χ1) is 5.99. The molecule has 0 N–H and O–H groups in total. The fourth-order valence-electron chi connectivity index (χ4n) is 0.794. The van der Waals surface area contributed by atoms with Crippen molar-refractivity contribution in [2.75, 3.05) is 33.2 Å². The molecule has 0 saturated carbocycles. The van der Waals surface area contributed by atoms with Gasteiger partial charge in [-0.05, 0) is 6.42 Å². The summed E-state index contributed by atoms with van der Waals surface area (Å²) in [6, 6.07) is 0. The molecule has 1 saturated heterocycles.